The number of rotatable bonds is 71. The molecule has 552 valence electrons. The van der Waals surface area contributed by atoms with Gasteiger partial charge in [0.2, 0.25) is 0 Å². The van der Waals surface area contributed by atoms with Crippen LogP contribution in [0.25, 0.3) is 0 Å². The Hall–Kier alpha value is -1.94. The lowest BCUT2D eigenvalue weighted by atomic mass is 10.0. The second kappa shape index (κ2) is 63.5. The third kappa shape index (κ3) is 68.4. The predicted octanol–water partition coefficient (Wildman–Crippen LogP) is 21.3. The second-order valence-corrected chi connectivity index (χ2v) is 31.5. The molecule has 0 saturated heterocycles. The van der Waals surface area contributed by atoms with Crippen LogP contribution < -0.4 is 0 Å². The van der Waals surface area contributed by atoms with E-state index < -0.39 is 97.5 Å². The summed E-state index contributed by atoms with van der Waals surface area (Å²) in [6.07, 6.45) is 47.3. The summed E-state index contributed by atoms with van der Waals surface area (Å²) in [4.78, 5) is 72.7. The molecule has 0 aromatic carbocycles. The molecule has 0 aromatic heterocycles. The number of aliphatic hydroxyl groups excluding tert-OH is 1. The number of carbonyl (C=O) groups excluding carboxylic acids is 4. The van der Waals surface area contributed by atoms with Gasteiger partial charge >= 0.3 is 39.5 Å². The zero-order valence-corrected chi connectivity index (χ0v) is 62.7. The molecule has 0 fully saturated rings. The minimum Gasteiger partial charge on any atom is -0.462 e. The Balaban J connectivity index is 5.24. The van der Waals surface area contributed by atoms with Crippen LogP contribution in [0.2, 0.25) is 0 Å². The molecule has 0 aromatic rings. The van der Waals surface area contributed by atoms with Crippen molar-refractivity contribution in [2.45, 2.75) is 388 Å². The molecule has 0 radical (unpaired) electrons. The first-order valence-corrected chi connectivity index (χ1v) is 41.2. The first-order chi connectivity index (χ1) is 44.6. The highest BCUT2D eigenvalue weighted by Gasteiger charge is 2.30. The van der Waals surface area contributed by atoms with E-state index in [4.69, 9.17) is 37.0 Å². The molecule has 0 spiro atoms. The molecule has 0 aliphatic carbocycles. The van der Waals surface area contributed by atoms with Gasteiger partial charge in [0.05, 0.1) is 26.4 Å². The lowest BCUT2D eigenvalue weighted by molar-refractivity contribution is -0.161. The van der Waals surface area contributed by atoms with Crippen molar-refractivity contribution >= 4 is 39.5 Å². The van der Waals surface area contributed by atoms with Gasteiger partial charge in [0.25, 0.3) is 0 Å². The molecule has 0 heterocycles. The van der Waals surface area contributed by atoms with E-state index in [0.717, 1.165) is 114 Å². The minimum atomic E-state index is -4.96. The highest BCUT2D eigenvalue weighted by molar-refractivity contribution is 7.47. The lowest BCUT2D eigenvalue weighted by Crippen LogP contribution is -2.30. The lowest BCUT2D eigenvalue weighted by Gasteiger charge is -2.21. The molecular weight excluding hydrogens is 1220 g/mol. The molecule has 93 heavy (non-hydrogen) atoms. The number of hydrogen-bond donors (Lipinski definition) is 3. The number of ether oxygens (including phenoxy) is 4. The molecule has 2 unspecified atom stereocenters. The van der Waals surface area contributed by atoms with Crippen LogP contribution in [-0.2, 0) is 65.4 Å². The van der Waals surface area contributed by atoms with Crippen molar-refractivity contribution in [2.24, 2.45) is 23.7 Å². The Kier molecular flexibility index (Phi) is 62.2. The summed E-state index contributed by atoms with van der Waals surface area (Å²) in [6.45, 7) is 14.1. The molecule has 19 heteroatoms. The number of esters is 4. The Labute approximate surface area is 568 Å². The molecule has 0 bridgehead atoms. The Morgan fingerprint density at radius 1 is 0.269 bits per heavy atom. The number of phosphoric ester groups is 2. The van der Waals surface area contributed by atoms with Crippen LogP contribution in [0.15, 0.2) is 0 Å². The van der Waals surface area contributed by atoms with Crippen LogP contribution in [0.3, 0.4) is 0 Å². The zero-order chi connectivity index (χ0) is 68.9. The zero-order valence-electron chi connectivity index (χ0n) is 60.9. The molecular formula is C74H144O17P2. The number of aliphatic hydroxyl groups is 1. The first-order valence-electron chi connectivity index (χ1n) is 38.2. The third-order valence-electron chi connectivity index (χ3n) is 17.1. The van der Waals surface area contributed by atoms with Gasteiger partial charge in [0.15, 0.2) is 12.2 Å². The molecule has 0 saturated carbocycles. The fourth-order valence-corrected chi connectivity index (χ4v) is 12.8. The van der Waals surface area contributed by atoms with Gasteiger partial charge in [-0.15, -0.1) is 0 Å². The SMILES string of the molecule is CC(C)CCCCCCCCCCCCCCCCC(=O)OC[C@H](COP(=O)(O)OC[C@@H](O)COP(=O)(O)OC[C@@H](COC(=O)CCCCCCCCC(C)C)OC(=O)CCCCCCCCCCCCC(C)C)OC(=O)CCCCCCCCCCCCCC(C)C. The van der Waals surface area contributed by atoms with Crippen LogP contribution in [0.5, 0.6) is 0 Å². The summed E-state index contributed by atoms with van der Waals surface area (Å²) in [5.74, 6) is 0.871. The van der Waals surface area contributed by atoms with Crippen molar-refractivity contribution < 1.29 is 80.2 Å². The molecule has 0 amide bonds. The quantitative estimate of drug-likeness (QED) is 0.0222. The van der Waals surface area contributed by atoms with Gasteiger partial charge in [-0.1, -0.05) is 319 Å². The van der Waals surface area contributed by atoms with Crippen LogP contribution in [0.4, 0.5) is 0 Å². The molecule has 3 N–H and O–H groups in total. The molecule has 5 atom stereocenters. The van der Waals surface area contributed by atoms with Crippen molar-refractivity contribution in [2.75, 3.05) is 39.6 Å². The van der Waals surface area contributed by atoms with Gasteiger partial charge in [0.1, 0.15) is 19.3 Å². The highest BCUT2D eigenvalue weighted by Crippen LogP contribution is 2.45. The van der Waals surface area contributed by atoms with Gasteiger partial charge in [-0.3, -0.25) is 37.3 Å². The minimum absolute atomic E-state index is 0.104. The van der Waals surface area contributed by atoms with E-state index >= 15 is 0 Å². The van der Waals surface area contributed by atoms with Gasteiger partial charge in [0, 0.05) is 25.7 Å². The largest absolute Gasteiger partial charge is 0.472 e. The second-order valence-electron chi connectivity index (χ2n) is 28.6. The molecule has 0 rings (SSSR count). The van der Waals surface area contributed by atoms with Gasteiger partial charge in [-0.05, 0) is 49.4 Å². The maximum Gasteiger partial charge on any atom is 0.472 e. The Morgan fingerprint density at radius 3 is 0.667 bits per heavy atom. The normalized spacial score (nSPS) is 14.2. The smallest absolute Gasteiger partial charge is 0.462 e. The standard InChI is InChI=1S/C74H144O17P2/c1-64(2)50-42-34-26-20-14-11-9-10-12-16-23-29-38-46-54-71(76)84-60-69(90-73(78)56-48-40-30-24-17-13-15-21-27-35-43-51-65(3)4)62-88-92(80,81)86-58-68(75)59-87-93(82,83)89-63-70(61-85-72(77)55-47-39-33-32-37-45-53-67(7)8)91-74(79)57-49-41-31-25-19-18-22-28-36-44-52-66(5)6/h64-70,75H,9-63H2,1-8H3,(H,80,81)(H,82,83)/t68-,69-,70-/m1/s1. The number of phosphoric acid groups is 2. The van der Waals surface area contributed by atoms with Crippen molar-refractivity contribution in [3.8, 4) is 0 Å². The van der Waals surface area contributed by atoms with Crippen LogP contribution >= 0.6 is 15.6 Å². The fraction of sp³-hybridized carbons (Fsp3) is 0.946. The first kappa shape index (κ1) is 91.1. The van der Waals surface area contributed by atoms with E-state index in [2.05, 4.69) is 55.4 Å². The van der Waals surface area contributed by atoms with Crippen molar-refractivity contribution in [3.05, 3.63) is 0 Å². The van der Waals surface area contributed by atoms with Crippen molar-refractivity contribution in [1.29, 1.82) is 0 Å². The number of carbonyl (C=O) groups is 4. The summed E-state index contributed by atoms with van der Waals surface area (Å²) in [6, 6.07) is 0. The van der Waals surface area contributed by atoms with E-state index in [0.29, 0.717) is 31.6 Å². The average molecular weight is 1370 g/mol. The van der Waals surface area contributed by atoms with Crippen LogP contribution in [-0.4, -0.2) is 96.7 Å². The van der Waals surface area contributed by atoms with E-state index in [9.17, 15) is 43.2 Å². The molecule has 0 aliphatic rings. The van der Waals surface area contributed by atoms with Gasteiger partial charge < -0.3 is 33.8 Å². The maximum atomic E-state index is 13.1. The Bertz CT molecular complexity index is 1830. The van der Waals surface area contributed by atoms with Crippen LogP contribution in [0, 0.1) is 23.7 Å². The highest BCUT2D eigenvalue weighted by atomic mass is 31.2. The summed E-state index contributed by atoms with van der Waals surface area (Å²) in [5, 5.41) is 10.6. The average Bonchev–Trinajstić information content (AvgIpc) is 2.22. The number of hydrogen-bond acceptors (Lipinski definition) is 15. The Morgan fingerprint density at radius 2 is 0.452 bits per heavy atom. The topological polar surface area (TPSA) is 237 Å². The summed E-state index contributed by atoms with van der Waals surface area (Å²) in [5.41, 5.74) is 0. The molecule has 17 nitrogen and oxygen atoms in total. The van der Waals surface area contributed by atoms with Crippen molar-refractivity contribution in [1.82, 2.24) is 0 Å². The summed E-state index contributed by atoms with van der Waals surface area (Å²) < 4.78 is 68.4. The van der Waals surface area contributed by atoms with Gasteiger partial charge in [-0.25, -0.2) is 9.13 Å². The summed E-state index contributed by atoms with van der Waals surface area (Å²) >= 11 is 0. The third-order valence-corrected chi connectivity index (χ3v) is 19.0. The van der Waals surface area contributed by atoms with E-state index in [1.165, 1.54) is 167 Å². The van der Waals surface area contributed by atoms with Gasteiger partial charge in [-0.2, -0.15) is 0 Å². The predicted molar refractivity (Wildman–Crippen MR) is 377 cm³/mol. The van der Waals surface area contributed by atoms with E-state index in [1.54, 1.807) is 0 Å². The monoisotopic (exact) mass is 1370 g/mol. The fourth-order valence-electron chi connectivity index (χ4n) is 11.2. The summed E-state index contributed by atoms with van der Waals surface area (Å²) in [7, 11) is -9.91. The van der Waals surface area contributed by atoms with Crippen LogP contribution in [0.1, 0.15) is 370 Å². The number of unbranched alkanes of at least 4 members (excludes halogenated alkanes) is 37. The van der Waals surface area contributed by atoms with Crippen molar-refractivity contribution in [3.63, 3.8) is 0 Å². The van der Waals surface area contributed by atoms with E-state index in [1.807, 2.05) is 0 Å². The van der Waals surface area contributed by atoms with E-state index in [-0.39, 0.29) is 25.7 Å². The maximum absolute atomic E-state index is 13.1. The molecule has 0 aliphatic heterocycles.